The van der Waals surface area contributed by atoms with E-state index in [1.165, 1.54) is 6.42 Å². The highest BCUT2D eigenvalue weighted by molar-refractivity contribution is 5.80. The summed E-state index contributed by atoms with van der Waals surface area (Å²) in [4.78, 5) is 6.70. The molecule has 0 saturated carbocycles. The van der Waals surface area contributed by atoms with Gasteiger partial charge < -0.3 is 10.2 Å². The Bertz CT molecular complexity index is 432. The Kier molecular flexibility index (Phi) is 3.59. The number of aryl methyl sites for hydroxylation is 1. The second-order valence-electron chi connectivity index (χ2n) is 5.68. The molecule has 100 valence electrons. The summed E-state index contributed by atoms with van der Waals surface area (Å²) in [5.74, 6) is 0.988. The average Bonchev–Trinajstić information content (AvgIpc) is 2.87. The maximum atomic E-state index is 4.37. The Labute approximate surface area is 109 Å². The monoisotopic (exact) mass is 249 g/mol. The van der Waals surface area contributed by atoms with Crippen molar-refractivity contribution in [2.75, 3.05) is 20.1 Å². The number of nitrogens with zero attached hydrogens (tertiary/aromatic N) is 4. The Balaban J connectivity index is 1.93. The van der Waals surface area contributed by atoms with Crippen LogP contribution in [0, 0.1) is 5.41 Å². The SMILES string of the molecule is CN=C(NCc1ccnn1C)N1CCC(C)(C)C1. The van der Waals surface area contributed by atoms with Gasteiger partial charge in [0.1, 0.15) is 0 Å². The molecule has 5 heteroatoms. The second-order valence-corrected chi connectivity index (χ2v) is 5.68. The molecule has 1 saturated heterocycles. The molecule has 0 spiro atoms. The molecule has 0 unspecified atom stereocenters. The van der Waals surface area contributed by atoms with Crippen molar-refractivity contribution in [1.82, 2.24) is 20.0 Å². The van der Waals surface area contributed by atoms with Gasteiger partial charge in [-0.15, -0.1) is 0 Å². The van der Waals surface area contributed by atoms with Crippen LogP contribution in [-0.4, -0.2) is 40.8 Å². The fourth-order valence-electron chi connectivity index (χ4n) is 2.37. The Morgan fingerprint density at radius 2 is 2.33 bits per heavy atom. The van der Waals surface area contributed by atoms with E-state index in [1.54, 1.807) is 0 Å². The molecule has 1 fully saturated rings. The molecule has 0 radical (unpaired) electrons. The Morgan fingerprint density at radius 3 is 2.83 bits per heavy atom. The fraction of sp³-hybridized carbons (Fsp3) is 0.692. The third-order valence-corrected chi connectivity index (χ3v) is 3.54. The van der Waals surface area contributed by atoms with Crippen LogP contribution in [0.5, 0.6) is 0 Å². The minimum absolute atomic E-state index is 0.393. The minimum Gasteiger partial charge on any atom is -0.351 e. The zero-order valence-electron chi connectivity index (χ0n) is 11.8. The van der Waals surface area contributed by atoms with Crippen molar-refractivity contribution >= 4 is 5.96 Å². The number of rotatable bonds is 2. The van der Waals surface area contributed by atoms with E-state index in [0.717, 1.165) is 31.3 Å². The molecular weight excluding hydrogens is 226 g/mol. The van der Waals surface area contributed by atoms with Crippen LogP contribution >= 0.6 is 0 Å². The lowest BCUT2D eigenvalue weighted by atomic mass is 9.93. The number of hydrogen-bond donors (Lipinski definition) is 1. The highest BCUT2D eigenvalue weighted by Crippen LogP contribution is 2.28. The van der Waals surface area contributed by atoms with Crippen LogP contribution in [0.25, 0.3) is 0 Å². The van der Waals surface area contributed by atoms with Gasteiger partial charge >= 0.3 is 0 Å². The van der Waals surface area contributed by atoms with E-state index >= 15 is 0 Å². The van der Waals surface area contributed by atoms with E-state index in [9.17, 15) is 0 Å². The van der Waals surface area contributed by atoms with Gasteiger partial charge in [0.25, 0.3) is 0 Å². The molecule has 0 atom stereocenters. The molecule has 1 N–H and O–H groups in total. The minimum atomic E-state index is 0.393. The average molecular weight is 249 g/mol. The zero-order chi connectivity index (χ0) is 13.2. The predicted molar refractivity (Wildman–Crippen MR) is 73.4 cm³/mol. The molecule has 0 aromatic carbocycles. The highest BCUT2D eigenvalue weighted by atomic mass is 15.3. The number of aliphatic imine (C=N–C) groups is 1. The molecule has 1 aromatic heterocycles. The van der Waals surface area contributed by atoms with Crippen molar-refractivity contribution in [3.05, 3.63) is 18.0 Å². The van der Waals surface area contributed by atoms with E-state index in [2.05, 4.69) is 34.2 Å². The maximum absolute atomic E-state index is 4.37. The van der Waals surface area contributed by atoms with Crippen molar-refractivity contribution in [3.8, 4) is 0 Å². The van der Waals surface area contributed by atoms with Crippen LogP contribution in [0.1, 0.15) is 26.0 Å². The van der Waals surface area contributed by atoms with Crippen molar-refractivity contribution in [2.45, 2.75) is 26.8 Å². The van der Waals surface area contributed by atoms with Gasteiger partial charge in [-0.3, -0.25) is 9.67 Å². The van der Waals surface area contributed by atoms with Crippen molar-refractivity contribution < 1.29 is 0 Å². The number of aromatic nitrogens is 2. The number of hydrogen-bond acceptors (Lipinski definition) is 2. The second kappa shape index (κ2) is 5.00. The summed E-state index contributed by atoms with van der Waals surface area (Å²) in [7, 11) is 3.80. The van der Waals surface area contributed by atoms with Gasteiger partial charge in [-0.1, -0.05) is 13.8 Å². The van der Waals surface area contributed by atoms with E-state index in [0.29, 0.717) is 5.41 Å². The Hall–Kier alpha value is -1.52. The normalized spacial score (nSPS) is 19.3. The summed E-state index contributed by atoms with van der Waals surface area (Å²) in [6.07, 6.45) is 3.04. The molecule has 5 nitrogen and oxygen atoms in total. The van der Waals surface area contributed by atoms with Crippen LogP contribution < -0.4 is 5.32 Å². The van der Waals surface area contributed by atoms with Gasteiger partial charge in [-0.05, 0) is 17.9 Å². The van der Waals surface area contributed by atoms with E-state index < -0.39 is 0 Å². The predicted octanol–water partition coefficient (Wildman–Crippen LogP) is 1.23. The lowest BCUT2D eigenvalue weighted by Crippen LogP contribution is -2.40. The molecular formula is C13H23N5. The van der Waals surface area contributed by atoms with Gasteiger partial charge in [0.2, 0.25) is 0 Å². The lowest BCUT2D eigenvalue weighted by Gasteiger charge is -2.23. The standard InChI is InChI=1S/C13H23N5/c1-13(2)6-8-18(10-13)12(14-3)15-9-11-5-7-16-17(11)4/h5,7H,6,8-10H2,1-4H3,(H,14,15). The molecule has 18 heavy (non-hydrogen) atoms. The van der Waals surface area contributed by atoms with Crippen molar-refractivity contribution in [2.24, 2.45) is 17.5 Å². The third kappa shape index (κ3) is 2.83. The maximum Gasteiger partial charge on any atom is 0.193 e. The molecule has 2 rings (SSSR count). The quantitative estimate of drug-likeness (QED) is 0.633. The van der Waals surface area contributed by atoms with Crippen LogP contribution in [-0.2, 0) is 13.6 Å². The molecule has 1 aliphatic rings. The van der Waals surface area contributed by atoms with Crippen LogP contribution in [0.4, 0.5) is 0 Å². The molecule has 1 aromatic rings. The summed E-state index contributed by atoms with van der Waals surface area (Å²) in [5, 5.41) is 7.57. The first-order chi connectivity index (χ1) is 8.52. The number of guanidine groups is 1. The van der Waals surface area contributed by atoms with E-state index in [-0.39, 0.29) is 0 Å². The summed E-state index contributed by atoms with van der Waals surface area (Å²) >= 11 is 0. The van der Waals surface area contributed by atoms with E-state index in [1.807, 2.05) is 31.0 Å². The van der Waals surface area contributed by atoms with Gasteiger partial charge in [0.05, 0.1) is 12.2 Å². The smallest absolute Gasteiger partial charge is 0.193 e. The number of nitrogens with one attached hydrogen (secondary N) is 1. The lowest BCUT2D eigenvalue weighted by molar-refractivity contribution is 0.370. The number of likely N-dealkylation sites (tertiary alicyclic amines) is 1. The van der Waals surface area contributed by atoms with E-state index in [4.69, 9.17) is 0 Å². The first-order valence-electron chi connectivity index (χ1n) is 6.44. The summed E-state index contributed by atoms with van der Waals surface area (Å²) in [6, 6.07) is 2.02. The van der Waals surface area contributed by atoms with Gasteiger partial charge in [-0.2, -0.15) is 5.10 Å². The summed E-state index contributed by atoms with van der Waals surface area (Å²) in [5.41, 5.74) is 1.55. The summed E-state index contributed by atoms with van der Waals surface area (Å²) in [6.45, 7) is 7.53. The van der Waals surface area contributed by atoms with Crippen molar-refractivity contribution in [1.29, 1.82) is 0 Å². The molecule has 0 aliphatic carbocycles. The first-order valence-corrected chi connectivity index (χ1v) is 6.44. The Morgan fingerprint density at radius 1 is 1.56 bits per heavy atom. The molecule has 0 bridgehead atoms. The molecule has 0 amide bonds. The topological polar surface area (TPSA) is 45.5 Å². The summed E-state index contributed by atoms with van der Waals surface area (Å²) < 4.78 is 1.88. The zero-order valence-corrected chi connectivity index (χ0v) is 11.8. The fourth-order valence-corrected chi connectivity index (χ4v) is 2.37. The van der Waals surface area contributed by atoms with Crippen LogP contribution in [0.2, 0.25) is 0 Å². The van der Waals surface area contributed by atoms with Crippen LogP contribution in [0.15, 0.2) is 17.3 Å². The van der Waals surface area contributed by atoms with Gasteiger partial charge in [0.15, 0.2) is 5.96 Å². The third-order valence-electron chi connectivity index (χ3n) is 3.54. The largest absolute Gasteiger partial charge is 0.351 e. The first kappa shape index (κ1) is 12.9. The van der Waals surface area contributed by atoms with Gasteiger partial charge in [-0.25, -0.2) is 0 Å². The van der Waals surface area contributed by atoms with Gasteiger partial charge in [0, 0.05) is 33.4 Å². The van der Waals surface area contributed by atoms with Crippen molar-refractivity contribution in [3.63, 3.8) is 0 Å². The molecule has 1 aliphatic heterocycles. The highest BCUT2D eigenvalue weighted by Gasteiger charge is 2.30. The molecule has 2 heterocycles. The van der Waals surface area contributed by atoms with Crippen LogP contribution in [0.3, 0.4) is 0 Å².